The number of carboxylic acids is 1. The zero-order valence-corrected chi connectivity index (χ0v) is 12.0. The van der Waals surface area contributed by atoms with E-state index in [2.05, 4.69) is 16.9 Å². The molecule has 2 rings (SSSR count). The van der Waals surface area contributed by atoms with Crippen LogP contribution in [0, 0.1) is 0 Å². The minimum absolute atomic E-state index is 0.125. The topological polar surface area (TPSA) is 53.4 Å². The first-order valence-corrected chi connectivity index (χ1v) is 7.68. The summed E-state index contributed by atoms with van der Waals surface area (Å²) in [6.45, 7) is 1.20. The number of thioether (sulfide) groups is 1. The third-order valence-electron chi connectivity index (χ3n) is 3.59. The largest absolute Gasteiger partial charge is 0.477 e. The van der Waals surface area contributed by atoms with Crippen molar-refractivity contribution in [3.8, 4) is 0 Å². The van der Waals surface area contributed by atoms with Crippen molar-refractivity contribution >= 4 is 17.7 Å². The predicted molar refractivity (Wildman–Crippen MR) is 76.8 cm³/mol. The number of carboxylic acid groups (broad SMARTS) is 1. The number of carbonyl (C=O) groups is 1. The van der Waals surface area contributed by atoms with Crippen molar-refractivity contribution in [1.82, 2.24) is 9.88 Å². The van der Waals surface area contributed by atoms with Gasteiger partial charge in [0.15, 0.2) is 0 Å². The maximum Gasteiger partial charge on any atom is 0.354 e. The van der Waals surface area contributed by atoms with Crippen molar-refractivity contribution < 1.29 is 9.90 Å². The third-order valence-corrected chi connectivity index (χ3v) is 4.62. The van der Waals surface area contributed by atoms with Crippen molar-refractivity contribution in [2.75, 3.05) is 19.3 Å². The Bertz CT molecular complexity index is 439. The van der Waals surface area contributed by atoms with Gasteiger partial charge in [-0.25, -0.2) is 9.78 Å². The van der Waals surface area contributed by atoms with Gasteiger partial charge in [0.2, 0.25) is 0 Å². The van der Waals surface area contributed by atoms with Crippen molar-refractivity contribution in [2.45, 2.75) is 36.6 Å². The number of piperidine rings is 1. The molecule has 0 saturated carbocycles. The molecule has 0 radical (unpaired) electrons. The number of nitrogens with zero attached hydrogens (tertiary/aromatic N) is 2. The number of pyridine rings is 1. The first kappa shape index (κ1) is 14.3. The fraction of sp³-hybridized carbons (Fsp3) is 0.571. The van der Waals surface area contributed by atoms with E-state index in [1.807, 2.05) is 6.07 Å². The van der Waals surface area contributed by atoms with Crippen LogP contribution in [0.3, 0.4) is 0 Å². The van der Waals surface area contributed by atoms with Crippen LogP contribution in [-0.2, 0) is 0 Å². The van der Waals surface area contributed by atoms with Crippen LogP contribution in [0.5, 0.6) is 0 Å². The molecule has 1 aliphatic rings. The molecule has 4 nitrogen and oxygen atoms in total. The lowest BCUT2D eigenvalue weighted by molar-refractivity contribution is 0.0690. The molecule has 0 aromatic carbocycles. The lowest BCUT2D eigenvalue weighted by Crippen LogP contribution is -2.36. The van der Waals surface area contributed by atoms with Crippen LogP contribution in [0.1, 0.15) is 36.2 Å². The van der Waals surface area contributed by atoms with Gasteiger partial charge in [0, 0.05) is 17.1 Å². The van der Waals surface area contributed by atoms with E-state index in [1.165, 1.54) is 25.8 Å². The zero-order valence-electron chi connectivity index (χ0n) is 11.2. The summed E-state index contributed by atoms with van der Waals surface area (Å²) in [6, 6.07) is 4.21. The molecule has 1 aromatic heterocycles. The molecule has 2 heterocycles. The third kappa shape index (κ3) is 4.21. The number of rotatable bonds is 5. The number of aromatic carboxylic acids is 1. The van der Waals surface area contributed by atoms with Crippen LogP contribution >= 0.6 is 11.8 Å². The van der Waals surface area contributed by atoms with Gasteiger partial charge < -0.3 is 10.0 Å². The molecule has 1 unspecified atom stereocenters. The Morgan fingerprint density at radius 3 is 3.16 bits per heavy atom. The summed E-state index contributed by atoms with van der Waals surface area (Å²) < 4.78 is 0. The first-order chi connectivity index (χ1) is 9.16. The van der Waals surface area contributed by atoms with E-state index in [0.717, 1.165) is 17.1 Å². The maximum atomic E-state index is 10.8. The van der Waals surface area contributed by atoms with Gasteiger partial charge >= 0.3 is 5.97 Å². The van der Waals surface area contributed by atoms with Gasteiger partial charge in [0.05, 0.1) is 0 Å². The molecular formula is C14H20N2O2S. The van der Waals surface area contributed by atoms with Crippen molar-refractivity contribution in [2.24, 2.45) is 0 Å². The minimum Gasteiger partial charge on any atom is -0.477 e. The Morgan fingerprint density at radius 2 is 2.42 bits per heavy atom. The molecule has 19 heavy (non-hydrogen) atoms. The van der Waals surface area contributed by atoms with Gasteiger partial charge in [0.25, 0.3) is 0 Å². The average molecular weight is 280 g/mol. The molecular weight excluding hydrogens is 260 g/mol. The molecule has 5 heteroatoms. The molecule has 0 spiro atoms. The molecule has 1 fully saturated rings. The molecule has 1 atom stereocenters. The molecule has 1 N–H and O–H groups in total. The van der Waals surface area contributed by atoms with Crippen molar-refractivity contribution in [1.29, 1.82) is 0 Å². The Kier molecular flexibility index (Phi) is 5.22. The number of hydrogen-bond donors (Lipinski definition) is 1. The standard InChI is InChI=1S/C14H20N2O2S/c1-16-8-3-2-4-11(16)6-9-19-12-5-7-15-13(10-12)14(17)18/h5,7,10-11H,2-4,6,8-9H2,1H3,(H,17,18). The number of likely N-dealkylation sites (tertiary alicyclic amines) is 1. The molecule has 1 saturated heterocycles. The highest BCUT2D eigenvalue weighted by atomic mass is 32.2. The van der Waals surface area contributed by atoms with Gasteiger partial charge in [-0.2, -0.15) is 0 Å². The summed E-state index contributed by atoms with van der Waals surface area (Å²) >= 11 is 1.72. The van der Waals surface area contributed by atoms with Crippen LogP contribution in [0.2, 0.25) is 0 Å². The Balaban J connectivity index is 1.82. The summed E-state index contributed by atoms with van der Waals surface area (Å²) in [5.41, 5.74) is 0.125. The number of aromatic nitrogens is 1. The lowest BCUT2D eigenvalue weighted by Gasteiger charge is -2.32. The van der Waals surface area contributed by atoms with E-state index < -0.39 is 5.97 Å². The van der Waals surface area contributed by atoms with E-state index in [4.69, 9.17) is 5.11 Å². The fourth-order valence-electron chi connectivity index (χ4n) is 2.44. The highest BCUT2D eigenvalue weighted by molar-refractivity contribution is 7.99. The second-order valence-corrected chi connectivity index (χ2v) is 6.12. The Morgan fingerprint density at radius 1 is 1.58 bits per heavy atom. The summed E-state index contributed by atoms with van der Waals surface area (Å²) in [4.78, 5) is 18.1. The fourth-order valence-corrected chi connectivity index (χ4v) is 3.42. The second-order valence-electron chi connectivity index (χ2n) is 4.95. The van der Waals surface area contributed by atoms with E-state index in [-0.39, 0.29) is 5.69 Å². The number of hydrogen-bond acceptors (Lipinski definition) is 4. The summed E-state index contributed by atoms with van der Waals surface area (Å²) in [7, 11) is 2.20. The lowest BCUT2D eigenvalue weighted by atomic mass is 10.0. The van der Waals surface area contributed by atoms with Crippen molar-refractivity contribution in [3.63, 3.8) is 0 Å². The van der Waals surface area contributed by atoms with E-state index in [1.54, 1.807) is 24.0 Å². The van der Waals surface area contributed by atoms with Gasteiger partial charge in [-0.05, 0) is 50.7 Å². The van der Waals surface area contributed by atoms with E-state index >= 15 is 0 Å². The molecule has 0 amide bonds. The van der Waals surface area contributed by atoms with Crippen LogP contribution in [0.25, 0.3) is 0 Å². The minimum atomic E-state index is -0.963. The molecule has 1 aromatic rings. The molecule has 1 aliphatic heterocycles. The summed E-state index contributed by atoms with van der Waals surface area (Å²) in [5, 5.41) is 8.89. The molecule has 104 valence electrons. The highest BCUT2D eigenvalue weighted by Gasteiger charge is 2.18. The maximum absolute atomic E-state index is 10.8. The smallest absolute Gasteiger partial charge is 0.354 e. The van der Waals surface area contributed by atoms with Gasteiger partial charge in [0.1, 0.15) is 5.69 Å². The van der Waals surface area contributed by atoms with Gasteiger partial charge in [-0.3, -0.25) is 0 Å². The normalized spacial score (nSPS) is 20.4. The van der Waals surface area contributed by atoms with Crippen LogP contribution in [0.4, 0.5) is 0 Å². The SMILES string of the molecule is CN1CCCCC1CCSc1ccnc(C(=O)O)c1. The second kappa shape index (κ2) is 6.91. The van der Waals surface area contributed by atoms with E-state index in [0.29, 0.717) is 6.04 Å². The zero-order chi connectivity index (χ0) is 13.7. The summed E-state index contributed by atoms with van der Waals surface area (Å²) in [6.07, 6.45) is 6.66. The average Bonchev–Trinajstić information content (AvgIpc) is 2.41. The predicted octanol–water partition coefficient (Wildman–Crippen LogP) is 2.75. The van der Waals surface area contributed by atoms with E-state index in [9.17, 15) is 4.79 Å². The van der Waals surface area contributed by atoms with Gasteiger partial charge in [-0.15, -0.1) is 11.8 Å². The van der Waals surface area contributed by atoms with Crippen molar-refractivity contribution in [3.05, 3.63) is 24.0 Å². The summed E-state index contributed by atoms with van der Waals surface area (Å²) in [5.74, 6) is 0.0624. The Hall–Kier alpha value is -1.07. The molecule has 0 aliphatic carbocycles. The van der Waals surface area contributed by atoms with Crippen LogP contribution < -0.4 is 0 Å². The highest BCUT2D eigenvalue weighted by Crippen LogP contribution is 2.23. The van der Waals surface area contributed by atoms with Crippen LogP contribution in [0.15, 0.2) is 23.2 Å². The monoisotopic (exact) mass is 280 g/mol. The Labute approximate surface area is 118 Å². The first-order valence-electron chi connectivity index (χ1n) is 6.69. The molecule has 0 bridgehead atoms. The quantitative estimate of drug-likeness (QED) is 0.841. The van der Waals surface area contributed by atoms with Crippen LogP contribution in [-0.4, -0.2) is 46.3 Å². The van der Waals surface area contributed by atoms with Gasteiger partial charge in [-0.1, -0.05) is 6.42 Å².